The average molecular weight is 228 g/mol. The fourth-order valence-electron chi connectivity index (χ4n) is 1.98. The fourth-order valence-corrected chi connectivity index (χ4v) is 1.98. The Bertz CT molecular complexity index is 223. The molecule has 1 saturated carbocycles. The van der Waals surface area contributed by atoms with E-state index < -0.39 is 0 Å². The van der Waals surface area contributed by atoms with E-state index in [1.807, 2.05) is 20.9 Å². The summed E-state index contributed by atoms with van der Waals surface area (Å²) in [7, 11) is 1.82. The highest BCUT2D eigenvalue weighted by Crippen LogP contribution is 2.21. The van der Waals surface area contributed by atoms with Crippen LogP contribution in [0, 0.1) is 5.92 Å². The lowest BCUT2D eigenvalue weighted by Crippen LogP contribution is -2.42. The summed E-state index contributed by atoms with van der Waals surface area (Å²) in [5.74, 6) is 0.386. The van der Waals surface area contributed by atoms with E-state index in [9.17, 15) is 4.79 Å². The van der Waals surface area contributed by atoms with Gasteiger partial charge in [0, 0.05) is 19.1 Å². The van der Waals surface area contributed by atoms with Gasteiger partial charge in [-0.1, -0.05) is 13.8 Å². The van der Waals surface area contributed by atoms with E-state index in [0.29, 0.717) is 24.6 Å². The second kappa shape index (κ2) is 6.09. The van der Waals surface area contributed by atoms with Crippen LogP contribution in [0.4, 0.5) is 4.79 Å². The number of hydrogen-bond acceptors (Lipinski definition) is 3. The molecule has 0 radical (unpaired) electrons. The Hall–Kier alpha value is -0.770. The minimum absolute atomic E-state index is 0.200. The molecule has 0 aromatic carbocycles. The number of carbonyl (C=O) groups is 1. The molecule has 0 aliphatic heterocycles. The normalized spacial score (nSPS) is 25.6. The van der Waals surface area contributed by atoms with Crippen LogP contribution in [0.1, 0.15) is 39.5 Å². The number of carbonyl (C=O) groups excluding carboxylic acids is 1. The van der Waals surface area contributed by atoms with Crippen molar-refractivity contribution in [3.63, 3.8) is 0 Å². The third kappa shape index (κ3) is 4.00. The molecule has 2 N–H and O–H groups in total. The minimum atomic E-state index is -0.200. The number of rotatable bonds is 3. The van der Waals surface area contributed by atoms with Gasteiger partial charge >= 0.3 is 6.09 Å². The van der Waals surface area contributed by atoms with Crippen molar-refractivity contribution in [1.29, 1.82) is 0 Å². The molecule has 0 aromatic heterocycles. The summed E-state index contributed by atoms with van der Waals surface area (Å²) in [4.78, 5) is 13.4. The molecule has 0 spiro atoms. The number of nitrogens with zero attached hydrogens (tertiary/aromatic N) is 1. The van der Waals surface area contributed by atoms with Crippen LogP contribution in [0.2, 0.25) is 0 Å². The molecule has 0 atom stereocenters. The molecular weight excluding hydrogens is 204 g/mol. The minimum Gasteiger partial charge on any atom is -0.449 e. The van der Waals surface area contributed by atoms with Crippen molar-refractivity contribution in [3.8, 4) is 0 Å². The molecule has 1 aliphatic rings. The van der Waals surface area contributed by atoms with Gasteiger partial charge in [0.05, 0.1) is 6.61 Å². The second-order valence-corrected chi connectivity index (χ2v) is 5.15. The van der Waals surface area contributed by atoms with E-state index in [-0.39, 0.29) is 6.09 Å². The van der Waals surface area contributed by atoms with Gasteiger partial charge in [0.2, 0.25) is 0 Å². The molecule has 0 aromatic rings. The van der Waals surface area contributed by atoms with E-state index in [4.69, 9.17) is 10.5 Å². The molecule has 94 valence electrons. The fraction of sp³-hybridized carbons (Fsp3) is 0.917. The van der Waals surface area contributed by atoms with Crippen LogP contribution in [-0.4, -0.2) is 36.7 Å². The zero-order valence-electron chi connectivity index (χ0n) is 10.6. The van der Waals surface area contributed by atoms with E-state index in [1.165, 1.54) is 0 Å². The highest BCUT2D eigenvalue weighted by molar-refractivity contribution is 5.67. The summed E-state index contributed by atoms with van der Waals surface area (Å²) >= 11 is 0. The van der Waals surface area contributed by atoms with Crippen molar-refractivity contribution in [3.05, 3.63) is 0 Å². The molecule has 1 aliphatic carbocycles. The van der Waals surface area contributed by atoms with Crippen molar-refractivity contribution < 1.29 is 9.53 Å². The Balaban J connectivity index is 2.32. The van der Waals surface area contributed by atoms with Gasteiger partial charge in [0.15, 0.2) is 0 Å². The molecule has 4 nitrogen and oxygen atoms in total. The van der Waals surface area contributed by atoms with Crippen molar-refractivity contribution in [2.75, 3.05) is 13.7 Å². The first-order valence-electron chi connectivity index (χ1n) is 6.16. The first-order chi connectivity index (χ1) is 7.50. The maximum Gasteiger partial charge on any atom is 0.409 e. The zero-order chi connectivity index (χ0) is 12.1. The zero-order valence-corrected chi connectivity index (χ0v) is 10.6. The molecule has 1 amide bonds. The number of nitrogens with two attached hydrogens (primary N) is 1. The Kier molecular flexibility index (Phi) is 5.06. The number of ether oxygens (including phenoxy) is 1. The van der Waals surface area contributed by atoms with Gasteiger partial charge in [0.25, 0.3) is 0 Å². The van der Waals surface area contributed by atoms with Gasteiger partial charge in [-0.25, -0.2) is 4.79 Å². The van der Waals surface area contributed by atoms with Crippen LogP contribution in [0.15, 0.2) is 0 Å². The van der Waals surface area contributed by atoms with Crippen LogP contribution in [0.3, 0.4) is 0 Å². The second-order valence-electron chi connectivity index (χ2n) is 5.15. The Morgan fingerprint density at radius 2 is 1.94 bits per heavy atom. The summed E-state index contributed by atoms with van der Waals surface area (Å²) in [5, 5.41) is 0. The van der Waals surface area contributed by atoms with Crippen LogP contribution < -0.4 is 5.73 Å². The molecule has 0 heterocycles. The summed E-state index contributed by atoms with van der Waals surface area (Å²) in [6, 6.07) is 0.621. The van der Waals surface area contributed by atoms with Crippen LogP contribution >= 0.6 is 0 Å². The standard InChI is InChI=1S/C12H24N2O2/c1-9(2)8-16-12(15)14(3)11-6-4-10(13)5-7-11/h9-11H,4-8,13H2,1-3H3. The Morgan fingerprint density at radius 3 is 2.44 bits per heavy atom. The van der Waals surface area contributed by atoms with Gasteiger partial charge in [-0.15, -0.1) is 0 Å². The molecule has 1 fully saturated rings. The lowest BCUT2D eigenvalue weighted by atomic mass is 9.91. The molecular formula is C12H24N2O2. The SMILES string of the molecule is CC(C)COC(=O)N(C)C1CCC(N)CC1. The highest BCUT2D eigenvalue weighted by atomic mass is 16.6. The predicted octanol–water partition coefficient (Wildman–Crippen LogP) is 1.98. The molecule has 0 bridgehead atoms. The lowest BCUT2D eigenvalue weighted by molar-refractivity contribution is 0.0789. The third-order valence-corrected chi connectivity index (χ3v) is 3.12. The Labute approximate surface area is 98.1 Å². The maximum absolute atomic E-state index is 11.7. The topological polar surface area (TPSA) is 55.6 Å². The van der Waals surface area contributed by atoms with E-state index >= 15 is 0 Å². The van der Waals surface area contributed by atoms with E-state index in [1.54, 1.807) is 4.90 Å². The first kappa shape index (κ1) is 13.3. The van der Waals surface area contributed by atoms with E-state index in [0.717, 1.165) is 25.7 Å². The largest absolute Gasteiger partial charge is 0.449 e. The van der Waals surface area contributed by atoms with Crippen LogP contribution in [0.5, 0.6) is 0 Å². The molecule has 16 heavy (non-hydrogen) atoms. The first-order valence-corrected chi connectivity index (χ1v) is 6.16. The number of amides is 1. The van der Waals surface area contributed by atoms with Crippen molar-refractivity contribution in [1.82, 2.24) is 4.90 Å². The molecule has 1 rings (SSSR count). The van der Waals surface area contributed by atoms with Crippen molar-refractivity contribution >= 4 is 6.09 Å². The monoisotopic (exact) mass is 228 g/mol. The van der Waals surface area contributed by atoms with Gasteiger partial charge < -0.3 is 15.4 Å². The van der Waals surface area contributed by atoms with Gasteiger partial charge in [0.1, 0.15) is 0 Å². The van der Waals surface area contributed by atoms with Gasteiger partial charge in [-0.2, -0.15) is 0 Å². The summed E-state index contributed by atoms with van der Waals surface area (Å²) in [6.45, 7) is 4.56. The van der Waals surface area contributed by atoms with Crippen molar-refractivity contribution in [2.24, 2.45) is 11.7 Å². The van der Waals surface area contributed by atoms with Gasteiger partial charge in [-0.05, 0) is 31.6 Å². The quantitative estimate of drug-likeness (QED) is 0.803. The van der Waals surface area contributed by atoms with Gasteiger partial charge in [-0.3, -0.25) is 0 Å². The van der Waals surface area contributed by atoms with E-state index in [2.05, 4.69) is 0 Å². The Morgan fingerprint density at radius 1 is 1.38 bits per heavy atom. The molecule has 0 unspecified atom stereocenters. The summed E-state index contributed by atoms with van der Waals surface area (Å²) in [6.07, 6.45) is 3.80. The van der Waals surface area contributed by atoms with Crippen molar-refractivity contribution in [2.45, 2.75) is 51.6 Å². The number of hydrogen-bond donors (Lipinski definition) is 1. The third-order valence-electron chi connectivity index (χ3n) is 3.12. The maximum atomic E-state index is 11.7. The lowest BCUT2D eigenvalue weighted by Gasteiger charge is -2.32. The summed E-state index contributed by atoms with van der Waals surface area (Å²) in [5.41, 5.74) is 5.84. The summed E-state index contributed by atoms with van der Waals surface area (Å²) < 4.78 is 5.20. The highest BCUT2D eigenvalue weighted by Gasteiger charge is 2.25. The average Bonchev–Trinajstić information content (AvgIpc) is 2.26. The smallest absolute Gasteiger partial charge is 0.409 e. The van der Waals surface area contributed by atoms with Crippen LogP contribution in [-0.2, 0) is 4.74 Å². The predicted molar refractivity (Wildman–Crippen MR) is 64.2 cm³/mol. The molecule has 4 heteroatoms. The molecule has 0 saturated heterocycles. The van der Waals surface area contributed by atoms with Crippen LogP contribution in [0.25, 0.3) is 0 Å².